The molecule has 0 saturated heterocycles. The summed E-state index contributed by atoms with van der Waals surface area (Å²) in [5.41, 5.74) is 0. The van der Waals surface area contributed by atoms with Gasteiger partial charge in [-0.2, -0.15) is 4.65 Å². The molecule has 20 heavy (non-hydrogen) atoms. The van der Waals surface area contributed by atoms with Crippen LogP contribution in [0.5, 0.6) is 0 Å². The van der Waals surface area contributed by atoms with Gasteiger partial charge in [-0.3, -0.25) is 4.90 Å². The smallest absolute Gasteiger partial charge is 0.125 e. The Kier molecular flexibility index (Phi) is 10.2. The first kappa shape index (κ1) is 19.6. The third-order valence-electron chi connectivity index (χ3n) is 4.34. The van der Waals surface area contributed by atoms with E-state index in [1.54, 1.807) is 0 Å². The van der Waals surface area contributed by atoms with Gasteiger partial charge in [0.1, 0.15) is 19.3 Å². The van der Waals surface area contributed by atoms with E-state index >= 15 is 0 Å². The molecular formula is C17H37N2O+. The third kappa shape index (κ3) is 6.87. The topological polar surface area (TPSA) is 23.5 Å². The minimum absolute atomic E-state index is 0.0398. The van der Waals surface area contributed by atoms with Crippen LogP contribution in [-0.4, -0.2) is 46.5 Å². The largest absolute Gasteiger partial charge is 0.294 e. The van der Waals surface area contributed by atoms with E-state index in [1.807, 2.05) is 20.0 Å². The molecule has 0 rings (SSSR count). The van der Waals surface area contributed by atoms with E-state index in [-0.39, 0.29) is 4.65 Å². The molecule has 1 N–H and O–H groups in total. The van der Waals surface area contributed by atoms with Gasteiger partial charge in [0, 0.05) is 18.6 Å². The van der Waals surface area contributed by atoms with Crippen LogP contribution in [0.25, 0.3) is 0 Å². The van der Waals surface area contributed by atoms with Gasteiger partial charge in [0.25, 0.3) is 0 Å². The maximum atomic E-state index is 10.3. The number of hydroxylamine groups is 3. The molecular weight excluding hydrogens is 248 g/mol. The summed E-state index contributed by atoms with van der Waals surface area (Å²) in [6, 6.07) is 1.21. The summed E-state index contributed by atoms with van der Waals surface area (Å²) < 4.78 is 0.0398. The molecule has 0 radical (unpaired) electrons. The molecule has 0 aliphatic rings. The quantitative estimate of drug-likeness (QED) is 0.448. The van der Waals surface area contributed by atoms with Gasteiger partial charge in [-0.1, -0.05) is 26.7 Å². The van der Waals surface area contributed by atoms with Crippen LogP contribution < -0.4 is 0 Å². The molecule has 2 unspecified atom stereocenters. The van der Waals surface area contributed by atoms with E-state index in [1.165, 1.54) is 25.7 Å². The molecule has 3 nitrogen and oxygen atoms in total. The maximum absolute atomic E-state index is 10.3. The molecule has 3 heteroatoms. The van der Waals surface area contributed by atoms with Crippen molar-refractivity contribution in [2.45, 2.75) is 79.3 Å². The highest BCUT2D eigenvalue weighted by atomic mass is 16.5. The van der Waals surface area contributed by atoms with Crippen molar-refractivity contribution in [2.75, 3.05) is 19.6 Å². The van der Waals surface area contributed by atoms with Crippen LogP contribution in [0.2, 0.25) is 0 Å². The predicted molar refractivity (Wildman–Crippen MR) is 87.7 cm³/mol. The number of nitrogens with zero attached hydrogens (tertiary/aromatic N) is 2. The van der Waals surface area contributed by atoms with Crippen LogP contribution in [0.15, 0.2) is 12.3 Å². The van der Waals surface area contributed by atoms with Crippen molar-refractivity contribution in [1.29, 1.82) is 0 Å². The second kappa shape index (κ2) is 10.4. The highest BCUT2D eigenvalue weighted by Crippen LogP contribution is 2.15. The van der Waals surface area contributed by atoms with Crippen LogP contribution in [0.4, 0.5) is 0 Å². The van der Waals surface area contributed by atoms with Crippen LogP contribution in [-0.2, 0) is 0 Å². The van der Waals surface area contributed by atoms with Crippen LogP contribution in [0.1, 0.15) is 67.2 Å². The summed E-state index contributed by atoms with van der Waals surface area (Å²) in [6.07, 6.45) is 9.02. The molecule has 0 saturated carbocycles. The Morgan fingerprint density at radius 2 is 1.40 bits per heavy atom. The Labute approximate surface area is 126 Å². The first-order valence-corrected chi connectivity index (χ1v) is 8.46. The Morgan fingerprint density at radius 1 is 0.950 bits per heavy atom. The third-order valence-corrected chi connectivity index (χ3v) is 4.34. The van der Waals surface area contributed by atoms with Crippen molar-refractivity contribution in [3.8, 4) is 0 Å². The Hall–Kier alpha value is -0.380. The van der Waals surface area contributed by atoms with Crippen molar-refractivity contribution in [3.63, 3.8) is 0 Å². The summed E-state index contributed by atoms with van der Waals surface area (Å²) in [5, 5.41) is 10.3. The van der Waals surface area contributed by atoms with Crippen molar-refractivity contribution >= 4 is 0 Å². The lowest BCUT2D eigenvalue weighted by Gasteiger charge is -2.34. The van der Waals surface area contributed by atoms with Gasteiger partial charge in [0.2, 0.25) is 0 Å². The van der Waals surface area contributed by atoms with E-state index in [4.69, 9.17) is 0 Å². The van der Waals surface area contributed by atoms with Gasteiger partial charge >= 0.3 is 0 Å². The SMILES string of the molecule is CCCC(C)N(C/C=C/[N+](O)(CC)CC)C(C)CCC. The highest BCUT2D eigenvalue weighted by Gasteiger charge is 2.20. The molecule has 0 aromatic rings. The zero-order valence-electron chi connectivity index (χ0n) is 14.6. The average Bonchev–Trinajstić information content (AvgIpc) is 2.43. The second-order valence-corrected chi connectivity index (χ2v) is 5.98. The maximum Gasteiger partial charge on any atom is 0.125 e. The number of hydrogen-bond acceptors (Lipinski definition) is 2. The van der Waals surface area contributed by atoms with E-state index in [9.17, 15) is 5.21 Å². The fraction of sp³-hybridized carbons (Fsp3) is 0.882. The summed E-state index contributed by atoms with van der Waals surface area (Å²) in [5.74, 6) is 0. The number of hydrogen-bond donors (Lipinski definition) is 1. The van der Waals surface area contributed by atoms with Gasteiger partial charge in [0.05, 0.1) is 0 Å². The second-order valence-electron chi connectivity index (χ2n) is 5.98. The lowest BCUT2D eigenvalue weighted by Crippen LogP contribution is -2.41. The van der Waals surface area contributed by atoms with Crippen molar-refractivity contribution in [1.82, 2.24) is 4.90 Å². The highest BCUT2D eigenvalue weighted by molar-refractivity contribution is 4.84. The molecule has 0 aliphatic carbocycles. The minimum atomic E-state index is 0.0398. The molecule has 120 valence electrons. The van der Waals surface area contributed by atoms with Crippen molar-refractivity contribution < 1.29 is 9.85 Å². The molecule has 2 atom stereocenters. The average molecular weight is 285 g/mol. The molecule has 0 bridgehead atoms. The molecule has 0 fully saturated rings. The lowest BCUT2D eigenvalue weighted by atomic mass is 10.1. The fourth-order valence-electron chi connectivity index (χ4n) is 2.76. The van der Waals surface area contributed by atoms with Crippen LogP contribution >= 0.6 is 0 Å². The Morgan fingerprint density at radius 3 is 1.75 bits per heavy atom. The standard InChI is InChI=1S/C17H37N2O/c1-7-12-16(5)18(17(6)13-8-2)14-11-15-19(20,9-3)10-4/h11,15-17,20H,7-10,12-14H2,1-6H3/q+1/b15-11+. The van der Waals surface area contributed by atoms with E-state index in [2.05, 4.69) is 38.7 Å². The number of quaternary nitrogens is 1. The predicted octanol–water partition coefficient (Wildman–Crippen LogP) is 4.43. The van der Waals surface area contributed by atoms with Gasteiger partial charge in [0.15, 0.2) is 0 Å². The van der Waals surface area contributed by atoms with Crippen LogP contribution in [0, 0.1) is 0 Å². The van der Waals surface area contributed by atoms with Crippen LogP contribution in [0.3, 0.4) is 0 Å². The summed E-state index contributed by atoms with van der Waals surface area (Å²) in [6.45, 7) is 15.6. The van der Waals surface area contributed by atoms with Crippen molar-refractivity contribution in [2.24, 2.45) is 0 Å². The van der Waals surface area contributed by atoms with E-state index in [0.29, 0.717) is 12.1 Å². The van der Waals surface area contributed by atoms with Gasteiger partial charge < -0.3 is 0 Å². The Balaban J connectivity index is 4.68. The lowest BCUT2D eigenvalue weighted by molar-refractivity contribution is -1.06. The molecule has 0 heterocycles. The van der Waals surface area contributed by atoms with E-state index < -0.39 is 0 Å². The van der Waals surface area contributed by atoms with E-state index in [0.717, 1.165) is 19.6 Å². The minimum Gasteiger partial charge on any atom is -0.294 e. The molecule has 0 aromatic heterocycles. The van der Waals surface area contributed by atoms with Gasteiger partial charge in [-0.25, -0.2) is 5.21 Å². The summed E-state index contributed by atoms with van der Waals surface area (Å²) >= 11 is 0. The van der Waals surface area contributed by atoms with Gasteiger partial charge in [-0.15, -0.1) is 0 Å². The van der Waals surface area contributed by atoms with Crippen molar-refractivity contribution in [3.05, 3.63) is 12.3 Å². The molecule has 0 aliphatic heterocycles. The fourth-order valence-corrected chi connectivity index (χ4v) is 2.76. The normalized spacial score (nSPS) is 16.0. The zero-order chi connectivity index (χ0) is 15.6. The first-order valence-electron chi connectivity index (χ1n) is 8.46. The zero-order valence-corrected chi connectivity index (χ0v) is 14.6. The molecule has 0 spiro atoms. The molecule has 0 amide bonds. The Bertz CT molecular complexity index is 250. The monoisotopic (exact) mass is 285 g/mol. The summed E-state index contributed by atoms with van der Waals surface area (Å²) in [7, 11) is 0. The first-order chi connectivity index (χ1) is 9.44. The molecule has 0 aromatic carbocycles. The van der Waals surface area contributed by atoms with Gasteiger partial charge in [-0.05, 0) is 46.6 Å². The summed E-state index contributed by atoms with van der Waals surface area (Å²) in [4.78, 5) is 2.57. The number of rotatable bonds is 11.